The molecule has 8 heteroatoms. The molecule has 1 heterocycles. The highest BCUT2D eigenvalue weighted by Gasteiger charge is 2.17. The van der Waals surface area contributed by atoms with Crippen molar-refractivity contribution in [2.75, 3.05) is 5.32 Å². The van der Waals surface area contributed by atoms with Gasteiger partial charge in [0.15, 0.2) is 5.75 Å². The van der Waals surface area contributed by atoms with E-state index >= 15 is 0 Å². The van der Waals surface area contributed by atoms with Crippen molar-refractivity contribution in [3.8, 4) is 5.75 Å². The molecule has 0 radical (unpaired) electrons. The summed E-state index contributed by atoms with van der Waals surface area (Å²) in [6.07, 6.45) is 1.49. The molecule has 1 aromatic heterocycles. The monoisotopic (exact) mass is 298 g/mol. The summed E-state index contributed by atoms with van der Waals surface area (Å²) in [7, 11) is 0. The van der Waals surface area contributed by atoms with E-state index in [0.29, 0.717) is 5.76 Å². The van der Waals surface area contributed by atoms with Crippen LogP contribution < -0.4 is 10.1 Å². The van der Waals surface area contributed by atoms with Crippen molar-refractivity contribution < 1.29 is 22.9 Å². The second-order valence-electron chi connectivity index (χ2n) is 4.20. The zero-order chi connectivity index (χ0) is 15.4. The maximum Gasteiger partial charge on any atom is 0.387 e. The van der Waals surface area contributed by atoms with Crippen molar-refractivity contribution in [2.45, 2.75) is 19.6 Å². The van der Waals surface area contributed by atoms with Gasteiger partial charge in [0.2, 0.25) is 0 Å². The summed E-state index contributed by atoms with van der Waals surface area (Å²) in [6.45, 7) is -1.32. The summed E-state index contributed by atoms with van der Waals surface area (Å²) in [5.41, 5.74) is -0.119. The molecule has 0 bridgehead atoms. The molecule has 21 heavy (non-hydrogen) atoms. The first kappa shape index (κ1) is 14.8. The van der Waals surface area contributed by atoms with Gasteiger partial charge in [0.05, 0.1) is 29.0 Å². The zero-order valence-corrected chi connectivity index (χ0v) is 11.0. The van der Waals surface area contributed by atoms with Crippen molar-refractivity contribution >= 4 is 11.4 Å². The van der Waals surface area contributed by atoms with E-state index in [2.05, 4.69) is 10.1 Å². The number of furan rings is 1. The van der Waals surface area contributed by atoms with E-state index in [1.807, 2.05) is 0 Å². The first-order valence-corrected chi connectivity index (χ1v) is 6.00. The van der Waals surface area contributed by atoms with Crippen LogP contribution in [0.4, 0.5) is 20.2 Å². The topological polar surface area (TPSA) is 77.5 Å². The highest BCUT2D eigenvalue weighted by atomic mass is 19.3. The molecule has 6 nitrogen and oxygen atoms in total. The molecule has 0 saturated heterocycles. The number of benzene rings is 1. The minimum atomic E-state index is -3.08. The van der Waals surface area contributed by atoms with E-state index in [1.165, 1.54) is 18.4 Å². The molecule has 0 aliphatic rings. The van der Waals surface area contributed by atoms with Gasteiger partial charge in [-0.15, -0.1) is 0 Å². The van der Waals surface area contributed by atoms with Crippen LogP contribution in [0.3, 0.4) is 0 Å². The van der Waals surface area contributed by atoms with Crippen molar-refractivity contribution in [1.82, 2.24) is 0 Å². The number of alkyl halides is 2. The van der Waals surface area contributed by atoms with Crippen LogP contribution in [-0.2, 0) is 0 Å². The number of nitrogens with one attached hydrogen (secondary N) is 1. The maximum atomic E-state index is 12.4. The molecule has 1 atom stereocenters. The Morgan fingerprint density at radius 1 is 1.38 bits per heavy atom. The smallest absolute Gasteiger partial charge is 0.387 e. The quantitative estimate of drug-likeness (QED) is 0.645. The molecular weight excluding hydrogens is 286 g/mol. The molecule has 112 valence electrons. The van der Waals surface area contributed by atoms with E-state index in [-0.39, 0.29) is 23.2 Å². The molecule has 0 aliphatic carbocycles. The number of hydrogen-bond acceptors (Lipinski definition) is 5. The van der Waals surface area contributed by atoms with Gasteiger partial charge in [0.1, 0.15) is 5.76 Å². The average Bonchev–Trinajstić information content (AvgIpc) is 2.93. The third-order valence-electron chi connectivity index (χ3n) is 2.73. The molecule has 0 saturated carbocycles. The first-order chi connectivity index (χ1) is 9.97. The Kier molecular flexibility index (Phi) is 4.36. The Morgan fingerprint density at radius 3 is 2.71 bits per heavy atom. The summed E-state index contributed by atoms with van der Waals surface area (Å²) < 4.78 is 34.3. The standard InChI is InChI=1S/C13H12F2N2O4/c1-8(11-3-2-6-20-11)16-10-5-4-9(17(18)19)7-12(10)21-13(14)15/h2-8,13,16H,1H3. The van der Waals surface area contributed by atoms with E-state index < -0.39 is 11.5 Å². The summed E-state index contributed by atoms with van der Waals surface area (Å²) in [6, 6.07) is 6.56. The Balaban J connectivity index is 2.26. The van der Waals surface area contributed by atoms with Crippen LogP contribution in [0, 0.1) is 10.1 Å². The van der Waals surface area contributed by atoms with Crippen LogP contribution in [0.15, 0.2) is 41.0 Å². The molecule has 1 aromatic carbocycles. The predicted octanol–water partition coefficient (Wildman–Crippen LogP) is 3.96. The lowest BCUT2D eigenvalue weighted by Gasteiger charge is -2.16. The lowest BCUT2D eigenvalue weighted by molar-refractivity contribution is -0.385. The van der Waals surface area contributed by atoms with Gasteiger partial charge in [-0.3, -0.25) is 10.1 Å². The fourth-order valence-electron chi connectivity index (χ4n) is 1.78. The minimum absolute atomic E-state index is 0.213. The van der Waals surface area contributed by atoms with E-state index in [9.17, 15) is 18.9 Å². The number of halogens is 2. The zero-order valence-electron chi connectivity index (χ0n) is 11.0. The van der Waals surface area contributed by atoms with Crippen LogP contribution in [0.1, 0.15) is 18.7 Å². The van der Waals surface area contributed by atoms with Gasteiger partial charge in [0.25, 0.3) is 5.69 Å². The molecule has 0 amide bonds. The number of ether oxygens (including phenoxy) is 1. The van der Waals surface area contributed by atoms with Crippen LogP contribution in [-0.4, -0.2) is 11.5 Å². The first-order valence-electron chi connectivity index (χ1n) is 6.00. The van der Waals surface area contributed by atoms with Crippen LogP contribution in [0.5, 0.6) is 5.75 Å². The molecular formula is C13H12F2N2O4. The Bertz CT molecular complexity index is 617. The van der Waals surface area contributed by atoms with Gasteiger partial charge in [-0.25, -0.2) is 0 Å². The molecule has 1 N–H and O–H groups in total. The van der Waals surface area contributed by atoms with Gasteiger partial charge in [-0.2, -0.15) is 8.78 Å². The normalized spacial score (nSPS) is 12.2. The number of nitrogens with zero attached hydrogens (tertiary/aromatic N) is 1. The maximum absolute atomic E-state index is 12.4. The lowest BCUT2D eigenvalue weighted by Crippen LogP contribution is -2.10. The Morgan fingerprint density at radius 2 is 2.14 bits per heavy atom. The summed E-state index contributed by atoms with van der Waals surface area (Å²) in [5, 5.41) is 13.6. The summed E-state index contributed by atoms with van der Waals surface area (Å²) >= 11 is 0. The Labute approximate surface area is 118 Å². The molecule has 2 aromatic rings. The largest absolute Gasteiger partial charge is 0.467 e. The highest BCUT2D eigenvalue weighted by molar-refractivity contribution is 5.61. The summed E-state index contributed by atoms with van der Waals surface area (Å²) in [4.78, 5) is 10.0. The second kappa shape index (κ2) is 6.21. The highest BCUT2D eigenvalue weighted by Crippen LogP contribution is 2.33. The molecule has 0 fully saturated rings. The van der Waals surface area contributed by atoms with Gasteiger partial charge in [0, 0.05) is 6.07 Å². The van der Waals surface area contributed by atoms with Gasteiger partial charge >= 0.3 is 6.61 Å². The fraction of sp³-hybridized carbons (Fsp3) is 0.231. The van der Waals surface area contributed by atoms with E-state index in [1.54, 1.807) is 19.1 Å². The molecule has 1 unspecified atom stereocenters. The third-order valence-corrected chi connectivity index (χ3v) is 2.73. The summed E-state index contributed by atoms with van der Waals surface area (Å²) in [5.74, 6) is 0.300. The van der Waals surface area contributed by atoms with Crippen molar-refractivity contribution in [1.29, 1.82) is 0 Å². The van der Waals surface area contributed by atoms with Gasteiger partial charge in [-0.05, 0) is 25.1 Å². The third kappa shape index (κ3) is 3.68. The number of anilines is 1. The van der Waals surface area contributed by atoms with Crippen molar-refractivity contribution in [3.05, 3.63) is 52.5 Å². The van der Waals surface area contributed by atoms with Crippen molar-refractivity contribution in [2.24, 2.45) is 0 Å². The SMILES string of the molecule is CC(Nc1ccc([N+](=O)[O-])cc1OC(F)F)c1ccco1. The molecule has 2 rings (SSSR count). The lowest BCUT2D eigenvalue weighted by atomic mass is 10.2. The molecule has 0 spiro atoms. The van der Waals surface area contributed by atoms with Crippen molar-refractivity contribution in [3.63, 3.8) is 0 Å². The predicted molar refractivity (Wildman–Crippen MR) is 70.5 cm³/mol. The fourth-order valence-corrected chi connectivity index (χ4v) is 1.78. The number of rotatable bonds is 6. The number of non-ortho nitro benzene ring substituents is 1. The van der Waals surface area contributed by atoms with Crippen LogP contribution in [0.25, 0.3) is 0 Å². The number of nitro groups is 1. The number of nitro benzene ring substituents is 1. The van der Waals surface area contributed by atoms with E-state index in [0.717, 1.165) is 6.07 Å². The number of hydrogen-bond donors (Lipinski definition) is 1. The average molecular weight is 298 g/mol. The van der Waals surface area contributed by atoms with Gasteiger partial charge < -0.3 is 14.5 Å². The van der Waals surface area contributed by atoms with E-state index in [4.69, 9.17) is 4.42 Å². The minimum Gasteiger partial charge on any atom is -0.467 e. The van der Waals surface area contributed by atoms with Crippen LogP contribution in [0.2, 0.25) is 0 Å². The molecule has 0 aliphatic heterocycles. The van der Waals surface area contributed by atoms with Gasteiger partial charge in [-0.1, -0.05) is 0 Å². The van der Waals surface area contributed by atoms with Crippen LogP contribution >= 0.6 is 0 Å². The Hall–Kier alpha value is -2.64. The second-order valence-corrected chi connectivity index (χ2v) is 4.20.